The van der Waals surface area contributed by atoms with Gasteiger partial charge in [0.1, 0.15) is 0 Å². The first-order valence-corrected chi connectivity index (χ1v) is 8.72. The average Bonchev–Trinajstić information content (AvgIpc) is 2.52. The van der Waals surface area contributed by atoms with Gasteiger partial charge in [0.05, 0.1) is 10.6 Å². The summed E-state index contributed by atoms with van der Waals surface area (Å²) in [5, 5.41) is 0. The van der Waals surface area contributed by atoms with Crippen LogP contribution in [0.5, 0.6) is 0 Å². The lowest BCUT2D eigenvalue weighted by Crippen LogP contribution is -2.22. The number of Topliss-reactive ketones (excluding diaryl/α,β-unsaturated/α-hetero) is 1. The number of hydrogen-bond acceptors (Lipinski definition) is 4. The van der Waals surface area contributed by atoms with Crippen LogP contribution >= 0.6 is 0 Å². The van der Waals surface area contributed by atoms with Crippen molar-refractivity contribution in [2.45, 2.75) is 11.8 Å². The molecule has 0 heterocycles. The monoisotopic (exact) mass is 326 g/mol. The maximum Gasteiger partial charge on any atom is 0.190 e. The number of carbonyl (C=O) groups is 2. The minimum absolute atomic E-state index is 0.00859. The van der Waals surface area contributed by atoms with E-state index in [1.54, 1.807) is 36.4 Å². The SMILES string of the molecule is Cc1ccc(S(=O)(=O)CC2=CC(=O)c3ccccc3C2=O)cc1. The van der Waals surface area contributed by atoms with E-state index in [4.69, 9.17) is 0 Å². The van der Waals surface area contributed by atoms with E-state index in [0.29, 0.717) is 5.56 Å². The molecule has 1 aliphatic carbocycles. The highest BCUT2D eigenvalue weighted by atomic mass is 32.2. The Morgan fingerprint density at radius 3 is 2.13 bits per heavy atom. The highest BCUT2D eigenvalue weighted by molar-refractivity contribution is 7.91. The van der Waals surface area contributed by atoms with Gasteiger partial charge in [0, 0.05) is 16.7 Å². The Labute approximate surface area is 134 Å². The second-order valence-corrected chi connectivity index (χ2v) is 7.47. The zero-order chi connectivity index (χ0) is 16.6. The van der Waals surface area contributed by atoms with E-state index in [1.807, 2.05) is 6.92 Å². The van der Waals surface area contributed by atoms with Crippen LogP contribution in [0.2, 0.25) is 0 Å². The van der Waals surface area contributed by atoms with E-state index < -0.39 is 21.4 Å². The molecule has 0 unspecified atom stereocenters. The fourth-order valence-corrected chi connectivity index (χ4v) is 3.85. The van der Waals surface area contributed by atoms with Crippen LogP contribution in [-0.2, 0) is 9.84 Å². The van der Waals surface area contributed by atoms with E-state index in [2.05, 4.69) is 0 Å². The lowest BCUT2D eigenvalue weighted by molar-refractivity contribution is 0.0985. The van der Waals surface area contributed by atoms with Crippen molar-refractivity contribution < 1.29 is 18.0 Å². The van der Waals surface area contributed by atoms with E-state index in [0.717, 1.165) is 11.6 Å². The van der Waals surface area contributed by atoms with Crippen LogP contribution in [0.1, 0.15) is 26.3 Å². The quantitative estimate of drug-likeness (QED) is 0.870. The number of benzene rings is 2. The highest BCUT2D eigenvalue weighted by Crippen LogP contribution is 2.24. The lowest BCUT2D eigenvalue weighted by Gasteiger charge is -2.15. The number of ketones is 2. The van der Waals surface area contributed by atoms with Crippen molar-refractivity contribution in [3.05, 3.63) is 76.9 Å². The maximum atomic E-state index is 12.5. The second kappa shape index (κ2) is 5.59. The van der Waals surface area contributed by atoms with E-state index in [9.17, 15) is 18.0 Å². The Kier molecular flexibility index (Phi) is 3.74. The van der Waals surface area contributed by atoms with Crippen molar-refractivity contribution in [2.75, 3.05) is 5.75 Å². The zero-order valence-corrected chi connectivity index (χ0v) is 13.3. The summed E-state index contributed by atoms with van der Waals surface area (Å²) in [6.45, 7) is 1.86. The van der Waals surface area contributed by atoms with Gasteiger partial charge in [0.2, 0.25) is 0 Å². The van der Waals surface area contributed by atoms with Crippen LogP contribution in [-0.4, -0.2) is 25.7 Å². The second-order valence-electron chi connectivity index (χ2n) is 5.48. The summed E-state index contributed by atoms with van der Waals surface area (Å²) < 4.78 is 24.9. The topological polar surface area (TPSA) is 68.3 Å². The highest BCUT2D eigenvalue weighted by Gasteiger charge is 2.28. The summed E-state index contributed by atoms with van der Waals surface area (Å²) in [6, 6.07) is 12.9. The molecule has 0 saturated carbocycles. The Hall–Kier alpha value is -2.53. The first kappa shape index (κ1) is 15.4. The Morgan fingerprint density at radius 2 is 1.48 bits per heavy atom. The van der Waals surface area contributed by atoms with E-state index in [-0.39, 0.29) is 21.8 Å². The van der Waals surface area contributed by atoms with Crippen LogP contribution in [0, 0.1) is 6.92 Å². The molecule has 23 heavy (non-hydrogen) atoms. The molecular weight excluding hydrogens is 312 g/mol. The normalized spacial score (nSPS) is 14.4. The average molecular weight is 326 g/mol. The molecule has 0 bridgehead atoms. The fraction of sp³-hybridized carbons (Fsp3) is 0.111. The lowest BCUT2D eigenvalue weighted by atomic mass is 9.90. The molecule has 0 N–H and O–H groups in total. The molecule has 5 heteroatoms. The third kappa shape index (κ3) is 2.87. The summed E-state index contributed by atoms with van der Waals surface area (Å²) in [7, 11) is -3.68. The zero-order valence-electron chi connectivity index (χ0n) is 12.4. The van der Waals surface area contributed by atoms with Crippen molar-refractivity contribution in [1.82, 2.24) is 0 Å². The summed E-state index contributed by atoms with van der Waals surface area (Å²) >= 11 is 0. The molecule has 4 nitrogen and oxygen atoms in total. The summed E-state index contributed by atoms with van der Waals surface area (Å²) in [5.74, 6) is -1.22. The number of sulfone groups is 1. The van der Waals surface area contributed by atoms with Gasteiger partial charge in [-0.25, -0.2) is 8.42 Å². The Balaban J connectivity index is 1.96. The molecule has 0 aromatic heterocycles. The fourth-order valence-electron chi connectivity index (χ4n) is 2.51. The van der Waals surface area contributed by atoms with Gasteiger partial charge in [-0.1, -0.05) is 42.0 Å². The van der Waals surface area contributed by atoms with Crippen LogP contribution in [0.15, 0.2) is 65.1 Å². The van der Waals surface area contributed by atoms with Crippen molar-refractivity contribution in [1.29, 1.82) is 0 Å². The molecule has 1 aliphatic rings. The molecule has 2 aromatic rings. The number of rotatable bonds is 3. The number of fused-ring (bicyclic) bond motifs is 1. The smallest absolute Gasteiger partial charge is 0.190 e. The first-order valence-electron chi connectivity index (χ1n) is 7.06. The van der Waals surface area contributed by atoms with Crippen molar-refractivity contribution in [3.63, 3.8) is 0 Å². The van der Waals surface area contributed by atoms with Gasteiger partial charge in [-0.05, 0) is 25.1 Å². The maximum absolute atomic E-state index is 12.5. The molecule has 0 atom stereocenters. The Morgan fingerprint density at radius 1 is 0.870 bits per heavy atom. The van der Waals surface area contributed by atoms with Crippen LogP contribution < -0.4 is 0 Å². The minimum atomic E-state index is -3.68. The van der Waals surface area contributed by atoms with Crippen molar-refractivity contribution in [3.8, 4) is 0 Å². The molecule has 2 aromatic carbocycles. The summed E-state index contributed by atoms with van der Waals surface area (Å²) in [6.07, 6.45) is 1.14. The summed E-state index contributed by atoms with van der Waals surface area (Å²) in [4.78, 5) is 24.7. The molecule has 0 radical (unpaired) electrons. The molecule has 0 fully saturated rings. The number of aryl methyl sites for hydroxylation is 1. The van der Waals surface area contributed by atoms with Crippen LogP contribution in [0.25, 0.3) is 0 Å². The van der Waals surface area contributed by atoms with E-state index >= 15 is 0 Å². The standard InChI is InChI=1S/C18H14O4S/c1-12-6-8-14(9-7-12)23(21,22)11-13-10-17(19)15-4-2-3-5-16(15)18(13)20/h2-10H,11H2,1H3. The number of hydrogen-bond donors (Lipinski definition) is 0. The Bertz CT molecular complexity index is 935. The van der Waals surface area contributed by atoms with Gasteiger partial charge in [-0.15, -0.1) is 0 Å². The van der Waals surface area contributed by atoms with Gasteiger partial charge in [-0.2, -0.15) is 0 Å². The third-order valence-electron chi connectivity index (χ3n) is 3.76. The molecule has 0 amide bonds. The van der Waals surface area contributed by atoms with Crippen molar-refractivity contribution in [2.24, 2.45) is 0 Å². The van der Waals surface area contributed by atoms with Crippen LogP contribution in [0.4, 0.5) is 0 Å². The van der Waals surface area contributed by atoms with Crippen molar-refractivity contribution >= 4 is 21.4 Å². The molecule has 3 rings (SSSR count). The minimum Gasteiger partial charge on any atom is -0.289 e. The predicted octanol–water partition coefficient (Wildman–Crippen LogP) is 2.77. The van der Waals surface area contributed by atoms with Gasteiger partial charge in [0.15, 0.2) is 21.4 Å². The van der Waals surface area contributed by atoms with Crippen LogP contribution in [0.3, 0.4) is 0 Å². The van der Waals surface area contributed by atoms with Gasteiger partial charge in [0.25, 0.3) is 0 Å². The van der Waals surface area contributed by atoms with Gasteiger partial charge >= 0.3 is 0 Å². The van der Waals surface area contributed by atoms with Gasteiger partial charge < -0.3 is 0 Å². The summed E-state index contributed by atoms with van der Waals surface area (Å²) in [5.41, 5.74) is 1.53. The number of allylic oxidation sites excluding steroid dienone is 1. The third-order valence-corrected chi connectivity index (χ3v) is 5.44. The van der Waals surface area contributed by atoms with E-state index in [1.165, 1.54) is 12.1 Å². The largest absolute Gasteiger partial charge is 0.289 e. The number of carbonyl (C=O) groups excluding carboxylic acids is 2. The molecule has 0 aliphatic heterocycles. The molecular formula is C18H14O4S. The first-order chi connectivity index (χ1) is 10.9. The molecule has 116 valence electrons. The molecule has 0 saturated heterocycles. The van der Waals surface area contributed by atoms with Gasteiger partial charge in [-0.3, -0.25) is 9.59 Å². The molecule has 0 spiro atoms. The predicted molar refractivity (Wildman–Crippen MR) is 86.4 cm³/mol.